The van der Waals surface area contributed by atoms with Crippen LogP contribution in [0.4, 0.5) is 5.13 Å². The number of aromatic nitrogens is 3. The van der Waals surface area contributed by atoms with Crippen molar-refractivity contribution >= 4 is 45.5 Å². The third-order valence-electron chi connectivity index (χ3n) is 3.06. The van der Waals surface area contributed by atoms with Crippen LogP contribution < -0.4 is 5.32 Å². The van der Waals surface area contributed by atoms with Crippen LogP contribution in [-0.4, -0.2) is 26.8 Å². The van der Waals surface area contributed by atoms with Crippen LogP contribution in [0.3, 0.4) is 0 Å². The predicted molar refractivity (Wildman–Crippen MR) is 101 cm³/mol. The van der Waals surface area contributed by atoms with Crippen molar-refractivity contribution in [3.05, 3.63) is 40.7 Å². The second kappa shape index (κ2) is 7.87. The van der Waals surface area contributed by atoms with Crippen LogP contribution in [0, 0.1) is 0 Å². The smallest absolute Gasteiger partial charge is 0.236 e. The quantitative estimate of drug-likeness (QED) is 0.641. The van der Waals surface area contributed by atoms with Gasteiger partial charge in [0.25, 0.3) is 0 Å². The van der Waals surface area contributed by atoms with Crippen LogP contribution >= 0.6 is 34.4 Å². The van der Waals surface area contributed by atoms with Crippen molar-refractivity contribution in [2.45, 2.75) is 24.1 Å². The van der Waals surface area contributed by atoms with Gasteiger partial charge in [-0.25, -0.2) is 4.98 Å². The second-order valence-electron chi connectivity index (χ2n) is 5.30. The Hall–Kier alpha value is -1.77. The number of amides is 1. The summed E-state index contributed by atoms with van der Waals surface area (Å²) in [5.41, 5.74) is 2.02. The molecule has 5 nitrogen and oxygen atoms in total. The Morgan fingerprint density at radius 3 is 2.75 bits per heavy atom. The van der Waals surface area contributed by atoms with Gasteiger partial charge >= 0.3 is 0 Å². The maximum atomic E-state index is 12.0. The molecule has 0 spiro atoms. The van der Waals surface area contributed by atoms with Gasteiger partial charge in [0.2, 0.25) is 11.0 Å². The van der Waals surface area contributed by atoms with Crippen molar-refractivity contribution in [3.8, 4) is 11.3 Å². The van der Waals surface area contributed by atoms with Crippen LogP contribution in [0.25, 0.3) is 11.3 Å². The van der Waals surface area contributed by atoms with Crippen LogP contribution in [0.1, 0.15) is 24.8 Å². The van der Waals surface area contributed by atoms with Crippen LogP contribution in [0.2, 0.25) is 0 Å². The molecule has 0 radical (unpaired) electrons. The third kappa shape index (κ3) is 4.40. The first-order chi connectivity index (χ1) is 11.6. The standard InChI is InChI=1S/C16H16N4OS3/c1-10(2)14-19-20-15(24-14)18-13(21)9-23-16-17-12(8-22-16)11-6-4-3-5-7-11/h3-8,10H,9H2,1-2H3,(H,18,20,21). The van der Waals surface area contributed by atoms with E-state index in [4.69, 9.17) is 0 Å². The first-order valence-corrected chi connectivity index (χ1v) is 10.1. The molecule has 2 aromatic heterocycles. The van der Waals surface area contributed by atoms with Gasteiger partial charge in [-0.2, -0.15) is 0 Å². The zero-order valence-electron chi connectivity index (χ0n) is 13.2. The molecular weight excluding hydrogens is 360 g/mol. The Balaban J connectivity index is 1.54. The second-order valence-corrected chi connectivity index (χ2v) is 8.39. The Kier molecular flexibility index (Phi) is 5.60. The molecule has 24 heavy (non-hydrogen) atoms. The maximum Gasteiger partial charge on any atom is 0.236 e. The van der Waals surface area contributed by atoms with E-state index in [1.165, 1.54) is 23.1 Å². The third-order valence-corrected chi connectivity index (χ3v) is 6.22. The van der Waals surface area contributed by atoms with E-state index in [1.807, 2.05) is 35.7 Å². The molecule has 1 aromatic carbocycles. The SMILES string of the molecule is CC(C)c1nnc(NC(=O)CSc2nc(-c3ccccc3)cs2)s1. The zero-order valence-corrected chi connectivity index (χ0v) is 15.7. The molecule has 8 heteroatoms. The van der Waals surface area contributed by atoms with Crippen molar-refractivity contribution in [3.63, 3.8) is 0 Å². The number of hydrogen-bond donors (Lipinski definition) is 1. The van der Waals surface area contributed by atoms with E-state index >= 15 is 0 Å². The molecule has 0 fully saturated rings. The molecular formula is C16H16N4OS3. The van der Waals surface area contributed by atoms with E-state index in [0.29, 0.717) is 16.8 Å². The lowest BCUT2D eigenvalue weighted by Gasteiger charge is -1.99. The van der Waals surface area contributed by atoms with E-state index < -0.39 is 0 Å². The highest BCUT2D eigenvalue weighted by atomic mass is 32.2. The number of thiazole rings is 1. The molecule has 3 rings (SSSR count). The minimum absolute atomic E-state index is 0.0945. The highest BCUT2D eigenvalue weighted by Crippen LogP contribution is 2.28. The summed E-state index contributed by atoms with van der Waals surface area (Å²) in [5.74, 6) is 0.524. The molecule has 0 unspecified atom stereocenters. The minimum Gasteiger partial charge on any atom is -0.300 e. The molecule has 124 valence electrons. The lowest BCUT2D eigenvalue weighted by molar-refractivity contribution is -0.113. The number of benzene rings is 1. The van der Waals surface area contributed by atoms with Crippen molar-refractivity contribution < 1.29 is 4.79 Å². The fraction of sp³-hybridized carbons (Fsp3) is 0.250. The van der Waals surface area contributed by atoms with Crippen molar-refractivity contribution in [2.75, 3.05) is 11.1 Å². The number of thioether (sulfide) groups is 1. The molecule has 1 N–H and O–H groups in total. The van der Waals surface area contributed by atoms with Crippen molar-refractivity contribution in [1.29, 1.82) is 0 Å². The summed E-state index contributed by atoms with van der Waals surface area (Å²) in [4.78, 5) is 16.6. The number of carbonyl (C=O) groups is 1. The van der Waals surface area contributed by atoms with Crippen LogP contribution in [0.5, 0.6) is 0 Å². The molecule has 2 heterocycles. The minimum atomic E-state index is -0.0945. The summed E-state index contributed by atoms with van der Waals surface area (Å²) in [6.45, 7) is 4.10. The Morgan fingerprint density at radius 2 is 2.04 bits per heavy atom. The summed E-state index contributed by atoms with van der Waals surface area (Å²) in [7, 11) is 0. The summed E-state index contributed by atoms with van der Waals surface area (Å²) in [5, 5.41) is 14.3. The van der Waals surface area contributed by atoms with E-state index in [2.05, 4.69) is 34.3 Å². The van der Waals surface area contributed by atoms with Gasteiger partial charge in [-0.1, -0.05) is 67.3 Å². The van der Waals surface area contributed by atoms with Gasteiger partial charge in [0.15, 0.2) is 4.34 Å². The number of hydrogen-bond acceptors (Lipinski definition) is 7. The van der Waals surface area contributed by atoms with E-state index in [0.717, 1.165) is 20.6 Å². The van der Waals surface area contributed by atoms with Gasteiger partial charge in [0, 0.05) is 16.9 Å². The van der Waals surface area contributed by atoms with Gasteiger partial charge in [0.1, 0.15) is 5.01 Å². The van der Waals surface area contributed by atoms with Gasteiger partial charge in [0.05, 0.1) is 11.4 Å². The maximum absolute atomic E-state index is 12.0. The van der Waals surface area contributed by atoms with E-state index in [-0.39, 0.29) is 5.91 Å². The highest BCUT2D eigenvalue weighted by Gasteiger charge is 2.12. The Morgan fingerprint density at radius 1 is 1.25 bits per heavy atom. The van der Waals surface area contributed by atoms with Gasteiger partial charge < -0.3 is 0 Å². The van der Waals surface area contributed by atoms with Gasteiger partial charge in [-0.05, 0) is 0 Å². The number of nitrogens with one attached hydrogen (secondary N) is 1. The topological polar surface area (TPSA) is 67.8 Å². The monoisotopic (exact) mass is 376 g/mol. The lowest BCUT2D eigenvalue weighted by Crippen LogP contribution is -2.13. The molecule has 1 amide bonds. The van der Waals surface area contributed by atoms with Crippen molar-refractivity contribution in [1.82, 2.24) is 15.2 Å². The predicted octanol–water partition coefficient (Wildman–Crippen LogP) is 4.52. The average Bonchev–Trinajstić information content (AvgIpc) is 3.23. The average molecular weight is 377 g/mol. The normalized spacial score (nSPS) is 11.0. The zero-order chi connectivity index (χ0) is 16.9. The highest BCUT2D eigenvalue weighted by molar-refractivity contribution is 8.01. The number of rotatable bonds is 6. The Labute approximate surface area is 152 Å². The number of anilines is 1. The fourth-order valence-electron chi connectivity index (χ4n) is 1.87. The first-order valence-electron chi connectivity index (χ1n) is 7.39. The fourth-order valence-corrected chi connectivity index (χ4v) is 4.26. The molecule has 0 bridgehead atoms. The molecule has 0 aliphatic carbocycles. The molecule has 0 saturated carbocycles. The Bertz CT molecular complexity index is 814. The molecule has 0 aliphatic rings. The van der Waals surface area contributed by atoms with Crippen LogP contribution in [-0.2, 0) is 4.79 Å². The number of carbonyl (C=O) groups excluding carboxylic acids is 1. The van der Waals surface area contributed by atoms with Crippen LogP contribution in [0.15, 0.2) is 40.1 Å². The molecule has 0 atom stereocenters. The van der Waals surface area contributed by atoms with E-state index in [1.54, 1.807) is 11.3 Å². The molecule has 0 saturated heterocycles. The summed E-state index contributed by atoms with van der Waals surface area (Å²) >= 11 is 4.39. The largest absolute Gasteiger partial charge is 0.300 e. The van der Waals surface area contributed by atoms with Gasteiger partial charge in [-0.3, -0.25) is 10.1 Å². The summed E-state index contributed by atoms with van der Waals surface area (Å²) in [6.07, 6.45) is 0. The van der Waals surface area contributed by atoms with Gasteiger partial charge in [-0.15, -0.1) is 21.5 Å². The lowest BCUT2D eigenvalue weighted by atomic mass is 10.2. The summed E-state index contributed by atoms with van der Waals surface area (Å²) in [6, 6.07) is 10.0. The molecule has 0 aliphatic heterocycles. The van der Waals surface area contributed by atoms with Crippen molar-refractivity contribution in [2.24, 2.45) is 0 Å². The first kappa shape index (κ1) is 17.1. The van der Waals surface area contributed by atoms with E-state index in [9.17, 15) is 4.79 Å². The molecule has 3 aromatic rings. The summed E-state index contributed by atoms with van der Waals surface area (Å²) < 4.78 is 0.879. The number of nitrogens with zero attached hydrogens (tertiary/aromatic N) is 3.